The topological polar surface area (TPSA) is 144 Å². The van der Waals surface area contributed by atoms with Crippen molar-refractivity contribution < 1.29 is 27.4 Å². The van der Waals surface area contributed by atoms with Gasteiger partial charge in [-0.3, -0.25) is 18.9 Å². The van der Waals surface area contributed by atoms with Gasteiger partial charge in [0, 0.05) is 28.8 Å². The summed E-state index contributed by atoms with van der Waals surface area (Å²) in [5, 5.41) is 2.95. The Morgan fingerprint density at radius 3 is 2.00 bits per heavy atom. The molecule has 0 saturated carbocycles. The number of fused-ring (bicyclic) bond motifs is 2. The van der Waals surface area contributed by atoms with Gasteiger partial charge in [-0.1, -0.05) is 48.5 Å². The minimum atomic E-state index is -4.82. The van der Waals surface area contributed by atoms with Crippen LogP contribution in [0.2, 0.25) is 0 Å². The Morgan fingerprint density at radius 1 is 0.829 bits per heavy atom. The molecule has 0 bridgehead atoms. The molecule has 0 aliphatic heterocycles. The lowest BCUT2D eigenvalue weighted by atomic mass is 9.79. The number of anilines is 1. The van der Waals surface area contributed by atoms with Crippen LogP contribution in [0.4, 0.5) is 5.69 Å². The molecule has 0 atom stereocenters. The van der Waals surface area contributed by atoms with E-state index in [1.165, 1.54) is 12.1 Å². The van der Waals surface area contributed by atoms with Gasteiger partial charge in [-0.25, -0.2) is 0 Å². The van der Waals surface area contributed by atoms with Gasteiger partial charge in [0.1, 0.15) is 4.90 Å². The molecule has 5 rings (SSSR count). The lowest BCUT2D eigenvalue weighted by molar-refractivity contribution is 0.0950. The van der Waals surface area contributed by atoms with Gasteiger partial charge in [-0.15, -0.1) is 0 Å². The second-order valence-corrected chi connectivity index (χ2v) is 11.6. The first kappa shape index (κ1) is 27.9. The number of carbonyl (C=O) groups excluding carboxylic acids is 3. The number of nitrogen functional groups attached to an aromatic ring is 1. The van der Waals surface area contributed by atoms with E-state index in [4.69, 9.17) is 5.73 Å². The molecule has 41 heavy (non-hydrogen) atoms. The van der Waals surface area contributed by atoms with E-state index >= 15 is 0 Å². The van der Waals surface area contributed by atoms with Crippen molar-refractivity contribution in [1.29, 1.82) is 0 Å². The Balaban J connectivity index is 1.63. The SMILES string of the molecule is Cc1cc(C)c(Cc2cc(S(=O)(=O)O)c(N)c3c2C(=O)c2ccccc2C3=O)c(C)c1CNC(=O)c1ccccc1. The van der Waals surface area contributed by atoms with Gasteiger partial charge in [0.2, 0.25) is 0 Å². The summed E-state index contributed by atoms with van der Waals surface area (Å²) in [6.07, 6.45) is 0.0872. The van der Waals surface area contributed by atoms with Crippen LogP contribution in [0.5, 0.6) is 0 Å². The molecule has 4 N–H and O–H groups in total. The number of nitrogens with one attached hydrogen (secondary N) is 1. The van der Waals surface area contributed by atoms with Crippen LogP contribution in [0.25, 0.3) is 0 Å². The number of carbonyl (C=O) groups is 3. The third-order valence-corrected chi connectivity index (χ3v) is 8.57. The number of ketones is 2. The summed E-state index contributed by atoms with van der Waals surface area (Å²) >= 11 is 0. The van der Waals surface area contributed by atoms with E-state index in [0.717, 1.165) is 27.8 Å². The van der Waals surface area contributed by atoms with Gasteiger partial charge in [0.15, 0.2) is 11.6 Å². The van der Waals surface area contributed by atoms with Crippen LogP contribution in [0.15, 0.2) is 71.6 Å². The largest absolute Gasteiger partial charge is 0.397 e. The summed E-state index contributed by atoms with van der Waals surface area (Å²) in [5.41, 5.74) is 10.9. The minimum absolute atomic E-state index is 0.0249. The van der Waals surface area contributed by atoms with Crippen LogP contribution in [0, 0.1) is 20.8 Å². The van der Waals surface area contributed by atoms with E-state index in [1.54, 1.807) is 42.5 Å². The zero-order valence-electron chi connectivity index (χ0n) is 22.7. The number of hydrogen-bond donors (Lipinski definition) is 3. The molecule has 1 amide bonds. The van der Waals surface area contributed by atoms with E-state index in [0.29, 0.717) is 5.56 Å². The maximum absolute atomic E-state index is 13.7. The summed E-state index contributed by atoms with van der Waals surface area (Å²) in [5.74, 6) is -1.25. The molecule has 0 fully saturated rings. The number of aryl methyl sites for hydroxylation is 2. The molecule has 0 saturated heterocycles. The number of hydrogen-bond acceptors (Lipinski definition) is 6. The molecule has 0 radical (unpaired) electrons. The first-order valence-electron chi connectivity index (χ1n) is 12.9. The highest BCUT2D eigenvalue weighted by molar-refractivity contribution is 7.86. The predicted octanol–water partition coefficient (Wildman–Crippen LogP) is 4.74. The Labute approximate surface area is 238 Å². The first-order valence-corrected chi connectivity index (χ1v) is 14.4. The predicted molar refractivity (Wildman–Crippen MR) is 155 cm³/mol. The summed E-state index contributed by atoms with van der Waals surface area (Å²) in [4.78, 5) is 39.3. The average molecular weight is 569 g/mol. The number of nitrogens with two attached hydrogens (primary N) is 1. The molecule has 0 heterocycles. The Bertz CT molecular complexity index is 1880. The van der Waals surface area contributed by atoms with Gasteiger partial charge in [0.05, 0.1) is 11.3 Å². The van der Waals surface area contributed by atoms with Gasteiger partial charge < -0.3 is 11.1 Å². The molecule has 4 aromatic carbocycles. The van der Waals surface area contributed by atoms with Gasteiger partial charge >= 0.3 is 0 Å². The van der Waals surface area contributed by atoms with Crippen LogP contribution in [-0.2, 0) is 23.1 Å². The third kappa shape index (κ3) is 4.94. The van der Waals surface area contributed by atoms with E-state index < -0.39 is 32.3 Å². The molecule has 0 unspecified atom stereocenters. The Hall–Kier alpha value is -4.60. The Morgan fingerprint density at radius 2 is 1.39 bits per heavy atom. The Kier molecular flexibility index (Phi) is 7.10. The number of amides is 1. The molecule has 1 aliphatic carbocycles. The fourth-order valence-electron chi connectivity index (χ4n) is 5.59. The monoisotopic (exact) mass is 568 g/mol. The summed E-state index contributed by atoms with van der Waals surface area (Å²) in [6, 6.07) is 18.3. The second-order valence-electron chi connectivity index (χ2n) is 10.2. The maximum atomic E-state index is 13.7. The zero-order valence-corrected chi connectivity index (χ0v) is 23.6. The zero-order chi connectivity index (χ0) is 29.6. The van der Waals surface area contributed by atoms with Gasteiger partial charge in [-0.2, -0.15) is 8.42 Å². The molecule has 8 nitrogen and oxygen atoms in total. The number of benzene rings is 4. The van der Waals surface area contributed by atoms with Crippen molar-refractivity contribution in [2.75, 3.05) is 5.73 Å². The molecule has 0 aromatic heterocycles. The molecular weight excluding hydrogens is 540 g/mol. The van der Waals surface area contributed by atoms with E-state index in [2.05, 4.69) is 5.32 Å². The molecule has 1 aliphatic rings. The van der Waals surface area contributed by atoms with Gasteiger partial charge in [0.25, 0.3) is 16.0 Å². The van der Waals surface area contributed by atoms with Crippen LogP contribution in [-0.4, -0.2) is 30.4 Å². The van der Waals surface area contributed by atoms with Crippen molar-refractivity contribution in [2.24, 2.45) is 0 Å². The lowest BCUT2D eigenvalue weighted by Gasteiger charge is -2.24. The summed E-state index contributed by atoms with van der Waals surface area (Å²) < 4.78 is 34.6. The van der Waals surface area contributed by atoms with E-state index in [-0.39, 0.29) is 46.7 Å². The van der Waals surface area contributed by atoms with E-state index in [1.807, 2.05) is 32.9 Å². The van der Waals surface area contributed by atoms with Crippen molar-refractivity contribution in [3.63, 3.8) is 0 Å². The lowest BCUT2D eigenvalue weighted by Crippen LogP contribution is -2.26. The quantitative estimate of drug-likeness (QED) is 0.198. The van der Waals surface area contributed by atoms with Gasteiger partial charge in [-0.05, 0) is 78.8 Å². The van der Waals surface area contributed by atoms with Crippen LogP contribution in [0.1, 0.15) is 75.6 Å². The molecule has 0 spiro atoms. The summed E-state index contributed by atoms with van der Waals surface area (Å²) in [7, 11) is -4.82. The molecule has 208 valence electrons. The van der Waals surface area contributed by atoms with Crippen LogP contribution < -0.4 is 11.1 Å². The minimum Gasteiger partial charge on any atom is -0.397 e. The van der Waals surface area contributed by atoms with Crippen LogP contribution >= 0.6 is 0 Å². The van der Waals surface area contributed by atoms with Crippen molar-refractivity contribution in [3.8, 4) is 0 Å². The highest BCUT2D eigenvalue weighted by atomic mass is 32.2. The van der Waals surface area contributed by atoms with Crippen LogP contribution in [0.3, 0.4) is 0 Å². The normalized spacial score (nSPS) is 12.6. The van der Waals surface area contributed by atoms with Crippen molar-refractivity contribution in [3.05, 3.63) is 128 Å². The average Bonchev–Trinajstić information content (AvgIpc) is 2.94. The molecule has 9 heteroatoms. The smallest absolute Gasteiger partial charge is 0.296 e. The maximum Gasteiger partial charge on any atom is 0.296 e. The van der Waals surface area contributed by atoms with Crippen molar-refractivity contribution in [1.82, 2.24) is 5.32 Å². The standard InChI is InChI=1S/C32H28N2O6S/c1-17-13-18(2)25(16-34-32(37)20-9-5-4-6-10-20)19(3)24(17)14-21-15-26(41(38,39)40)29(33)28-27(21)30(35)22-11-7-8-12-23(22)31(28)36/h4-13,15H,14,16,33H2,1-3H3,(H,34,37)(H,38,39,40). The highest BCUT2D eigenvalue weighted by Crippen LogP contribution is 2.38. The molecular formula is C32H28N2O6S. The van der Waals surface area contributed by atoms with E-state index in [9.17, 15) is 27.4 Å². The highest BCUT2D eigenvalue weighted by Gasteiger charge is 2.36. The van der Waals surface area contributed by atoms with Crippen molar-refractivity contribution in [2.45, 2.75) is 38.6 Å². The molecule has 4 aromatic rings. The summed E-state index contributed by atoms with van der Waals surface area (Å²) in [6.45, 7) is 5.99. The van der Waals surface area contributed by atoms with Crippen molar-refractivity contribution >= 4 is 33.3 Å². The second kappa shape index (κ2) is 10.4. The number of rotatable bonds is 6. The fourth-order valence-corrected chi connectivity index (χ4v) is 6.26. The fraction of sp³-hybridized carbons (Fsp3) is 0.156. The first-order chi connectivity index (χ1) is 19.4. The third-order valence-electron chi connectivity index (χ3n) is 7.68.